The lowest BCUT2D eigenvalue weighted by Crippen LogP contribution is -2.42. The second kappa shape index (κ2) is 6.29. The third-order valence-electron chi connectivity index (χ3n) is 3.15. The van der Waals surface area contributed by atoms with Crippen molar-refractivity contribution >= 4 is 17.7 Å². The number of carbonyl (C=O) groups is 2. The number of aliphatic carboxylic acids is 1. The van der Waals surface area contributed by atoms with E-state index in [9.17, 15) is 9.59 Å². The molecule has 6 nitrogen and oxygen atoms in total. The van der Waals surface area contributed by atoms with Crippen LogP contribution in [0, 0.1) is 5.92 Å². The van der Waals surface area contributed by atoms with Gasteiger partial charge in [0.15, 0.2) is 0 Å². The smallest absolute Gasteiger partial charge is 0.307 e. The Labute approximate surface area is 111 Å². The molecule has 1 amide bonds. The average molecular weight is 263 g/mol. The van der Waals surface area contributed by atoms with Gasteiger partial charge in [0.05, 0.1) is 12.5 Å². The predicted octanol–water partition coefficient (Wildman–Crippen LogP) is 0.817. The summed E-state index contributed by atoms with van der Waals surface area (Å²) in [4.78, 5) is 28.6. The summed E-state index contributed by atoms with van der Waals surface area (Å²) >= 11 is 0. The van der Waals surface area contributed by atoms with Crippen molar-refractivity contribution in [1.29, 1.82) is 0 Å². The number of aromatic nitrogens is 1. The van der Waals surface area contributed by atoms with E-state index in [4.69, 9.17) is 5.11 Å². The van der Waals surface area contributed by atoms with E-state index >= 15 is 0 Å². The van der Waals surface area contributed by atoms with E-state index in [-0.39, 0.29) is 18.4 Å². The van der Waals surface area contributed by atoms with Crippen molar-refractivity contribution < 1.29 is 14.7 Å². The first kappa shape index (κ1) is 13.5. The van der Waals surface area contributed by atoms with Crippen molar-refractivity contribution in [3.63, 3.8) is 0 Å². The quantitative estimate of drug-likeness (QED) is 0.840. The fourth-order valence-corrected chi connectivity index (χ4v) is 2.22. The maximum absolute atomic E-state index is 11.8. The molecule has 1 fully saturated rings. The molecular weight excluding hydrogens is 246 g/mol. The zero-order valence-electron chi connectivity index (χ0n) is 10.6. The molecule has 1 aromatic rings. The number of rotatable bonds is 4. The molecule has 1 saturated heterocycles. The SMILES string of the molecule is O=C(CN1CCCC(C(=O)O)C1)Nc1ccccn1. The molecule has 2 heterocycles. The lowest BCUT2D eigenvalue weighted by atomic mass is 9.98. The standard InChI is InChI=1S/C13H17N3O3/c17-12(15-11-5-1-2-6-14-11)9-16-7-3-4-10(8-16)13(18)19/h1-2,5-6,10H,3-4,7-9H2,(H,18,19)(H,14,15,17). The second-order valence-corrected chi connectivity index (χ2v) is 4.68. The fraction of sp³-hybridized carbons (Fsp3) is 0.462. The first-order valence-electron chi connectivity index (χ1n) is 6.31. The van der Waals surface area contributed by atoms with Crippen LogP contribution in [0.5, 0.6) is 0 Å². The van der Waals surface area contributed by atoms with Crippen LogP contribution in [0.3, 0.4) is 0 Å². The number of likely N-dealkylation sites (tertiary alicyclic amines) is 1. The van der Waals surface area contributed by atoms with E-state index < -0.39 is 5.97 Å². The summed E-state index contributed by atoms with van der Waals surface area (Å²) in [6.07, 6.45) is 3.11. The Bertz CT molecular complexity index is 450. The van der Waals surface area contributed by atoms with Crippen LogP contribution in [-0.2, 0) is 9.59 Å². The largest absolute Gasteiger partial charge is 0.481 e. The summed E-state index contributed by atoms with van der Waals surface area (Å²) in [5.41, 5.74) is 0. The highest BCUT2D eigenvalue weighted by Crippen LogP contribution is 2.16. The minimum Gasteiger partial charge on any atom is -0.481 e. The van der Waals surface area contributed by atoms with Gasteiger partial charge in [-0.3, -0.25) is 14.5 Å². The number of anilines is 1. The van der Waals surface area contributed by atoms with E-state index in [1.54, 1.807) is 24.4 Å². The summed E-state index contributed by atoms with van der Waals surface area (Å²) < 4.78 is 0. The highest BCUT2D eigenvalue weighted by molar-refractivity contribution is 5.91. The molecule has 0 radical (unpaired) electrons. The van der Waals surface area contributed by atoms with E-state index in [1.807, 2.05) is 4.90 Å². The van der Waals surface area contributed by atoms with Gasteiger partial charge in [-0.1, -0.05) is 6.07 Å². The number of nitrogens with zero attached hydrogens (tertiary/aromatic N) is 2. The molecule has 0 aliphatic carbocycles. The van der Waals surface area contributed by atoms with E-state index in [2.05, 4.69) is 10.3 Å². The number of pyridine rings is 1. The van der Waals surface area contributed by atoms with Gasteiger partial charge < -0.3 is 10.4 Å². The Morgan fingerprint density at radius 2 is 2.32 bits per heavy atom. The minimum atomic E-state index is -0.783. The first-order chi connectivity index (χ1) is 9.15. The summed E-state index contributed by atoms with van der Waals surface area (Å²) in [7, 11) is 0. The molecule has 0 saturated carbocycles. The minimum absolute atomic E-state index is 0.162. The van der Waals surface area contributed by atoms with Gasteiger partial charge in [-0.2, -0.15) is 0 Å². The number of amides is 1. The summed E-state index contributed by atoms with van der Waals surface area (Å²) in [6, 6.07) is 5.29. The van der Waals surface area contributed by atoms with Crippen LogP contribution in [0.2, 0.25) is 0 Å². The normalized spacial score (nSPS) is 19.9. The molecule has 19 heavy (non-hydrogen) atoms. The Kier molecular flexibility index (Phi) is 4.46. The number of hydrogen-bond donors (Lipinski definition) is 2. The van der Waals surface area contributed by atoms with Gasteiger partial charge in [-0.15, -0.1) is 0 Å². The highest BCUT2D eigenvalue weighted by atomic mass is 16.4. The lowest BCUT2D eigenvalue weighted by Gasteiger charge is -2.29. The second-order valence-electron chi connectivity index (χ2n) is 4.68. The van der Waals surface area contributed by atoms with Gasteiger partial charge in [0, 0.05) is 12.7 Å². The summed E-state index contributed by atoms with van der Waals surface area (Å²) in [5.74, 6) is -0.796. The average Bonchev–Trinajstić information content (AvgIpc) is 2.40. The molecule has 2 rings (SSSR count). The maximum Gasteiger partial charge on any atom is 0.307 e. The molecule has 1 aromatic heterocycles. The van der Waals surface area contributed by atoms with E-state index in [0.717, 1.165) is 13.0 Å². The number of carbonyl (C=O) groups excluding carboxylic acids is 1. The van der Waals surface area contributed by atoms with Crippen LogP contribution in [0.25, 0.3) is 0 Å². The van der Waals surface area contributed by atoms with Crippen LogP contribution in [0.15, 0.2) is 24.4 Å². The first-order valence-corrected chi connectivity index (χ1v) is 6.31. The Hall–Kier alpha value is -1.95. The van der Waals surface area contributed by atoms with Crippen molar-refractivity contribution in [1.82, 2.24) is 9.88 Å². The Morgan fingerprint density at radius 3 is 3.00 bits per heavy atom. The van der Waals surface area contributed by atoms with Crippen molar-refractivity contribution in [2.24, 2.45) is 5.92 Å². The molecule has 1 aliphatic heterocycles. The highest BCUT2D eigenvalue weighted by Gasteiger charge is 2.26. The van der Waals surface area contributed by atoms with Crippen molar-refractivity contribution in [2.45, 2.75) is 12.8 Å². The van der Waals surface area contributed by atoms with Crippen LogP contribution in [0.4, 0.5) is 5.82 Å². The Balaban J connectivity index is 1.83. The van der Waals surface area contributed by atoms with E-state index in [1.165, 1.54) is 0 Å². The van der Waals surface area contributed by atoms with Gasteiger partial charge in [0.2, 0.25) is 5.91 Å². The van der Waals surface area contributed by atoms with Gasteiger partial charge in [0.1, 0.15) is 5.82 Å². The van der Waals surface area contributed by atoms with Crippen LogP contribution >= 0.6 is 0 Å². The zero-order chi connectivity index (χ0) is 13.7. The molecule has 102 valence electrons. The molecule has 1 atom stereocenters. The van der Waals surface area contributed by atoms with Gasteiger partial charge in [0.25, 0.3) is 0 Å². The fourth-order valence-electron chi connectivity index (χ4n) is 2.22. The third kappa shape index (κ3) is 4.03. The van der Waals surface area contributed by atoms with Crippen molar-refractivity contribution in [3.05, 3.63) is 24.4 Å². The molecule has 0 spiro atoms. The number of nitrogens with one attached hydrogen (secondary N) is 1. The topological polar surface area (TPSA) is 82.5 Å². The van der Waals surface area contributed by atoms with E-state index in [0.29, 0.717) is 18.8 Å². The third-order valence-corrected chi connectivity index (χ3v) is 3.15. The molecular formula is C13H17N3O3. The number of piperidine rings is 1. The molecule has 0 bridgehead atoms. The van der Waals surface area contributed by atoms with Crippen molar-refractivity contribution in [2.75, 3.05) is 25.0 Å². The zero-order valence-corrected chi connectivity index (χ0v) is 10.6. The molecule has 6 heteroatoms. The maximum atomic E-state index is 11.8. The molecule has 2 N–H and O–H groups in total. The number of hydrogen-bond acceptors (Lipinski definition) is 4. The van der Waals surface area contributed by atoms with Crippen LogP contribution in [0.1, 0.15) is 12.8 Å². The van der Waals surface area contributed by atoms with Gasteiger partial charge >= 0.3 is 5.97 Å². The molecule has 1 aliphatic rings. The molecule has 0 aromatic carbocycles. The van der Waals surface area contributed by atoms with Gasteiger partial charge in [-0.25, -0.2) is 4.98 Å². The predicted molar refractivity (Wildman–Crippen MR) is 69.7 cm³/mol. The lowest BCUT2D eigenvalue weighted by molar-refractivity contribution is -0.144. The Morgan fingerprint density at radius 1 is 1.47 bits per heavy atom. The van der Waals surface area contributed by atoms with Crippen molar-refractivity contribution in [3.8, 4) is 0 Å². The van der Waals surface area contributed by atoms with Crippen LogP contribution in [-0.4, -0.2) is 46.5 Å². The van der Waals surface area contributed by atoms with Crippen LogP contribution < -0.4 is 5.32 Å². The summed E-state index contributed by atoms with van der Waals surface area (Å²) in [5, 5.41) is 11.7. The number of carboxylic acids is 1. The molecule has 1 unspecified atom stereocenters. The number of carboxylic acid groups (broad SMARTS) is 1. The monoisotopic (exact) mass is 263 g/mol. The van der Waals surface area contributed by atoms with Gasteiger partial charge in [-0.05, 0) is 31.5 Å². The summed E-state index contributed by atoms with van der Waals surface area (Å²) in [6.45, 7) is 1.41.